The zero-order valence-electron chi connectivity index (χ0n) is 14.1. The Hall–Kier alpha value is -3.18. The van der Waals surface area contributed by atoms with E-state index in [2.05, 4.69) is 32.4 Å². The van der Waals surface area contributed by atoms with Crippen molar-refractivity contribution in [2.24, 2.45) is 9.98 Å². The second-order valence-electron chi connectivity index (χ2n) is 6.84. The molecule has 5 heterocycles. The van der Waals surface area contributed by atoms with Gasteiger partial charge in [-0.15, -0.1) is 0 Å². The Balaban J connectivity index is 1.67. The van der Waals surface area contributed by atoms with Crippen LogP contribution in [0.5, 0.6) is 0 Å². The number of allylic oxidation sites excluding steroid dienone is 6. The van der Waals surface area contributed by atoms with Crippen molar-refractivity contribution in [2.75, 3.05) is 6.61 Å². The first-order valence-electron chi connectivity index (χ1n) is 8.66. The molecule has 4 aliphatic heterocycles. The predicted octanol–water partition coefficient (Wildman–Crippen LogP) is 0.987. The van der Waals surface area contributed by atoms with E-state index in [9.17, 15) is 5.11 Å². The van der Waals surface area contributed by atoms with Crippen molar-refractivity contribution in [1.29, 1.82) is 0 Å². The molecule has 26 heavy (non-hydrogen) atoms. The summed E-state index contributed by atoms with van der Waals surface area (Å²) >= 11 is 0. The fourth-order valence-electron chi connectivity index (χ4n) is 3.50. The van der Waals surface area contributed by atoms with Crippen molar-refractivity contribution in [3.05, 3.63) is 82.5 Å². The zero-order chi connectivity index (χ0) is 17.6. The van der Waals surface area contributed by atoms with Gasteiger partial charge in [-0.3, -0.25) is 0 Å². The topological polar surface area (TPSA) is 72.8 Å². The fourth-order valence-corrected chi connectivity index (χ4v) is 3.50. The van der Waals surface area contributed by atoms with Crippen LogP contribution in [0.15, 0.2) is 81.7 Å². The first-order chi connectivity index (χ1) is 12.7. The van der Waals surface area contributed by atoms with E-state index >= 15 is 0 Å². The number of rotatable bonds is 1. The lowest BCUT2D eigenvalue weighted by Crippen LogP contribution is -2.43. The van der Waals surface area contributed by atoms with Crippen molar-refractivity contribution in [2.45, 2.75) is 12.0 Å². The molecule has 0 saturated heterocycles. The molecule has 0 saturated carbocycles. The lowest BCUT2D eigenvalue weighted by Gasteiger charge is -2.24. The lowest BCUT2D eigenvalue weighted by atomic mass is 9.98. The highest BCUT2D eigenvalue weighted by Gasteiger charge is 2.30. The van der Waals surface area contributed by atoms with Crippen LogP contribution in [0.2, 0.25) is 0 Å². The normalized spacial score (nSPS) is 25.5. The smallest absolute Gasteiger partial charge is 0.0845 e. The number of aliphatic hydroxyl groups is 1. The summed E-state index contributed by atoms with van der Waals surface area (Å²) < 4.78 is 0. The van der Waals surface area contributed by atoms with Gasteiger partial charge in [0.2, 0.25) is 0 Å². The van der Waals surface area contributed by atoms with E-state index in [4.69, 9.17) is 0 Å². The largest absolute Gasteiger partial charge is 0.394 e. The molecule has 0 amide bonds. The predicted molar refractivity (Wildman–Crippen MR) is 104 cm³/mol. The molecular weight excluding hydrogens is 324 g/mol. The van der Waals surface area contributed by atoms with Gasteiger partial charge in [-0.2, -0.15) is 0 Å². The number of aliphatic imine (C=N–C) groups is 2. The summed E-state index contributed by atoms with van der Waals surface area (Å²) in [7, 11) is 0. The van der Waals surface area contributed by atoms with Gasteiger partial charge < -0.3 is 15.4 Å². The Morgan fingerprint density at radius 1 is 0.923 bits per heavy atom. The van der Waals surface area contributed by atoms with Gasteiger partial charge in [-0.25, -0.2) is 9.98 Å². The minimum Gasteiger partial charge on any atom is -0.394 e. The van der Waals surface area contributed by atoms with E-state index in [-0.39, 0.29) is 6.61 Å². The van der Waals surface area contributed by atoms with Crippen LogP contribution in [0, 0.1) is 0 Å². The summed E-state index contributed by atoms with van der Waals surface area (Å²) in [5.41, 5.74) is 4.03. The summed E-state index contributed by atoms with van der Waals surface area (Å²) in [5, 5.41) is 15.4. The Morgan fingerprint density at radius 2 is 1.65 bits per heavy atom. The minimum atomic E-state index is -0.502. The molecule has 5 rings (SSSR count). The third-order valence-corrected chi connectivity index (χ3v) is 4.79. The van der Waals surface area contributed by atoms with Crippen LogP contribution >= 0.6 is 0 Å². The average Bonchev–Trinajstić information content (AvgIpc) is 3.40. The molecule has 1 unspecified atom stereocenters. The van der Waals surface area contributed by atoms with Crippen LogP contribution < -0.4 is 16.0 Å². The molecule has 0 aliphatic carbocycles. The number of nitrogens with one attached hydrogen (secondary N) is 2. The molecule has 1 atom stereocenters. The van der Waals surface area contributed by atoms with Crippen molar-refractivity contribution in [3.8, 4) is 0 Å². The van der Waals surface area contributed by atoms with E-state index in [0.29, 0.717) is 0 Å². The van der Waals surface area contributed by atoms with Crippen molar-refractivity contribution in [3.63, 3.8) is 0 Å². The maximum absolute atomic E-state index is 9.99. The average molecular weight is 342 g/mol. The van der Waals surface area contributed by atoms with Crippen molar-refractivity contribution >= 4 is 23.6 Å². The molecule has 8 bridgehead atoms. The van der Waals surface area contributed by atoms with Gasteiger partial charge in [0.25, 0.3) is 0 Å². The Kier molecular flexibility index (Phi) is 3.30. The summed E-state index contributed by atoms with van der Waals surface area (Å²) in [5.74, 6) is 0. The second-order valence-corrected chi connectivity index (χ2v) is 6.84. The van der Waals surface area contributed by atoms with Gasteiger partial charge in [0.15, 0.2) is 0 Å². The van der Waals surface area contributed by atoms with Gasteiger partial charge in [-0.1, -0.05) is 6.08 Å². The lowest BCUT2D eigenvalue weighted by molar-refractivity contribution is 0.224. The van der Waals surface area contributed by atoms with Crippen LogP contribution in [-0.4, -0.2) is 33.7 Å². The molecule has 1 aromatic rings. The van der Waals surface area contributed by atoms with Gasteiger partial charge >= 0.3 is 0 Å². The van der Waals surface area contributed by atoms with E-state index in [0.717, 1.165) is 45.6 Å². The molecule has 3 N–H and O–H groups in total. The number of hydrogen-bond donors (Lipinski definition) is 3. The molecule has 0 radical (unpaired) electrons. The summed E-state index contributed by atoms with van der Waals surface area (Å²) in [6.45, 7) is 0.0140. The third kappa shape index (κ3) is 2.72. The van der Waals surface area contributed by atoms with Gasteiger partial charge in [0, 0.05) is 16.4 Å². The fraction of sp³-hybridized carbons (Fsp3) is 0.143. The van der Waals surface area contributed by atoms with Crippen LogP contribution in [0.25, 0.3) is 12.2 Å². The first-order valence-corrected chi connectivity index (χ1v) is 8.66. The summed E-state index contributed by atoms with van der Waals surface area (Å²) in [4.78, 5) is 12.6. The number of aliphatic hydroxyl groups excluding tert-OH is 1. The standard InChI is InChI=1S/C21H18N4O/c26-13-21-8-7-19(25-21)11-18-4-3-15(23-18)9-14-1-2-16(22-14)10-17-5-6-20(12-21)24-17/h1-7,9-12,24-26H,8,13H2. The third-order valence-electron chi connectivity index (χ3n) is 4.79. The van der Waals surface area contributed by atoms with Crippen LogP contribution in [0.4, 0.5) is 0 Å². The number of H-pyrrole nitrogens is 1. The number of fused-ring (bicyclic) bond motifs is 6. The molecule has 5 heteroatoms. The zero-order valence-corrected chi connectivity index (χ0v) is 14.1. The number of aromatic amines is 1. The first kappa shape index (κ1) is 15.1. The van der Waals surface area contributed by atoms with Crippen LogP contribution in [0.3, 0.4) is 0 Å². The molecule has 5 nitrogen and oxygen atoms in total. The molecule has 4 aliphatic rings. The highest BCUT2D eigenvalue weighted by Crippen LogP contribution is 2.25. The van der Waals surface area contributed by atoms with Gasteiger partial charge in [-0.05, 0) is 67.2 Å². The van der Waals surface area contributed by atoms with Gasteiger partial charge in [0.05, 0.1) is 35.0 Å². The van der Waals surface area contributed by atoms with E-state index in [1.807, 2.05) is 54.7 Å². The molecule has 128 valence electrons. The van der Waals surface area contributed by atoms with Crippen molar-refractivity contribution in [1.82, 2.24) is 10.3 Å². The molecule has 0 spiro atoms. The Labute approximate surface area is 150 Å². The maximum Gasteiger partial charge on any atom is 0.0845 e. The maximum atomic E-state index is 9.99. The van der Waals surface area contributed by atoms with E-state index in [1.165, 1.54) is 0 Å². The number of aromatic nitrogens is 1. The molecule has 1 aromatic heterocycles. The van der Waals surface area contributed by atoms with E-state index in [1.54, 1.807) is 0 Å². The molecular formula is C21H18N4O. The van der Waals surface area contributed by atoms with Gasteiger partial charge in [0.1, 0.15) is 0 Å². The second kappa shape index (κ2) is 5.68. The Morgan fingerprint density at radius 3 is 2.46 bits per heavy atom. The quantitative estimate of drug-likeness (QED) is 0.712. The highest BCUT2D eigenvalue weighted by atomic mass is 16.3. The SMILES string of the molecule is OCC12C=c3ccc([nH]3)=CC3=NC(=CC4=NC(=CC(=CC1)N2)C=C4)C=C3. The highest BCUT2D eigenvalue weighted by molar-refractivity contribution is 6.19. The van der Waals surface area contributed by atoms with Crippen LogP contribution in [-0.2, 0) is 0 Å². The van der Waals surface area contributed by atoms with Crippen molar-refractivity contribution < 1.29 is 5.11 Å². The molecule has 0 fully saturated rings. The monoisotopic (exact) mass is 342 g/mol. The summed E-state index contributed by atoms with van der Waals surface area (Å²) in [6, 6.07) is 4.04. The number of nitrogens with zero attached hydrogens (tertiary/aromatic N) is 2. The Bertz CT molecular complexity index is 1120. The summed E-state index contributed by atoms with van der Waals surface area (Å²) in [6.07, 6.45) is 18.8. The number of hydrogen-bond acceptors (Lipinski definition) is 4. The van der Waals surface area contributed by atoms with Crippen LogP contribution in [0.1, 0.15) is 6.42 Å². The molecule has 0 aromatic carbocycles. The minimum absolute atomic E-state index is 0.0140. The van der Waals surface area contributed by atoms with E-state index < -0.39 is 5.54 Å².